The van der Waals surface area contributed by atoms with E-state index in [-0.39, 0.29) is 18.4 Å². The summed E-state index contributed by atoms with van der Waals surface area (Å²) in [5.74, 6) is -0.132. The highest BCUT2D eigenvalue weighted by atomic mass is 19.1. The number of aromatic nitrogens is 4. The fourth-order valence-electron chi connectivity index (χ4n) is 2.52. The molecule has 7 heteroatoms. The zero-order valence-electron chi connectivity index (χ0n) is 14.0. The normalized spacial score (nSPS) is 10.9. The molecule has 0 atom stereocenters. The molecule has 0 bridgehead atoms. The fraction of sp³-hybridized carbons (Fsp3) is 0.222. The average molecular weight is 339 g/mol. The first kappa shape index (κ1) is 16.8. The Morgan fingerprint density at radius 3 is 2.64 bits per heavy atom. The van der Waals surface area contributed by atoms with Crippen LogP contribution in [0.5, 0.6) is 0 Å². The molecule has 3 rings (SSSR count). The minimum atomic E-state index is -0.394. The third kappa shape index (κ3) is 3.71. The summed E-state index contributed by atoms with van der Waals surface area (Å²) in [6.07, 6.45) is -0.0455. The number of carbonyl (C=O) groups excluding carboxylic acids is 1. The Balaban J connectivity index is 1.85. The quantitative estimate of drug-likeness (QED) is 0.774. The van der Waals surface area contributed by atoms with E-state index in [2.05, 4.69) is 20.8 Å². The lowest BCUT2D eigenvalue weighted by atomic mass is 10.1. The van der Waals surface area contributed by atoms with Crippen molar-refractivity contribution in [2.75, 3.05) is 5.32 Å². The third-order valence-corrected chi connectivity index (χ3v) is 3.73. The number of rotatable bonds is 5. The SMILES string of the molecule is CC(C)n1nnnc1-c1ccccc1NC(=O)Cc1ccccc1F. The van der Waals surface area contributed by atoms with Gasteiger partial charge in [-0.2, -0.15) is 0 Å². The van der Waals surface area contributed by atoms with Gasteiger partial charge in [-0.15, -0.1) is 5.10 Å². The van der Waals surface area contributed by atoms with Crippen LogP contribution in [0.2, 0.25) is 0 Å². The molecule has 1 N–H and O–H groups in total. The van der Waals surface area contributed by atoms with Crippen molar-refractivity contribution in [1.29, 1.82) is 0 Å². The summed E-state index contributed by atoms with van der Waals surface area (Å²) in [5, 5.41) is 14.6. The molecule has 0 fully saturated rings. The molecule has 0 aliphatic heterocycles. The zero-order chi connectivity index (χ0) is 17.8. The summed E-state index contributed by atoms with van der Waals surface area (Å²) >= 11 is 0. The van der Waals surface area contributed by atoms with Crippen LogP contribution in [0.1, 0.15) is 25.5 Å². The van der Waals surface area contributed by atoms with Gasteiger partial charge in [0.15, 0.2) is 5.82 Å². The maximum atomic E-state index is 13.7. The number of nitrogens with zero attached hydrogens (tertiary/aromatic N) is 4. The molecular weight excluding hydrogens is 321 g/mol. The number of para-hydroxylation sites is 1. The highest BCUT2D eigenvalue weighted by Gasteiger charge is 2.16. The first-order valence-corrected chi connectivity index (χ1v) is 7.97. The Labute approximate surface area is 144 Å². The molecule has 1 heterocycles. The van der Waals surface area contributed by atoms with Gasteiger partial charge in [0, 0.05) is 5.56 Å². The van der Waals surface area contributed by atoms with E-state index >= 15 is 0 Å². The molecule has 0 aliphatic rings. The standard InChI is InChI=1S/C18H18FN5O/c1-12(2)24-18(21-22-23-24)14-8-4-6-10-16(14)20-17(25)11-13-7-3-5-9-15(13)19/h3-10,12H,11H2,1-2H3,(H,20,25). The predicted octanol–water partition coefficient (Wildman–Crippen LogP) is 3.24. The van der Waals surface area contributed by atoms with Gasteiger partial charge in [0.1, 0.15) is 5.82 Å². The Bertz CT molecular complexity index is 890. The molecule has 0 aliphatic carbocycles. The minimum Gasteiger partial charge on any atom is -0.325 e. The summed E-state index contributed by atoms with van der Waals surface area (Å²) in [6.45, 7) is 3.94. The van der Waals surface area contributed by atoms with Crippen LogP contribution in [0.4, 0.5) is 10.1 Å². The highest BCUT2D eigenvalue weighted by Crippen LogP contribution is 2.27. The van der Waals surface area contributed by atoms with Crippen molar-refractivity contribution in [2.24, 2.45) is 0 Å². The van der Waals surface area contributed by atoms with Gasteiger partial charge < -0.3 is 5.32 Å². The monoisotopic (exact) mass is 339 g/mol. The van der Waals surface area contributed by atoms with Crippen molar-refractivity contribution >= 4 is 11.6 Å². The Morgan fingerprint density at radius 1 is 1.16 bits per heavy atom. The van der Waals surface area contributed by atoms with Crippen molar-refractivity contribution in [3.63, 3.8) is 0 Å². The lowest BCUT2D eigenvalue weighted by molar-refractivity contribution is -0.115. The number of anilines is 1. The van der Waals surface area contributed by atoms with Crippen molar-refractivity contribution in [1.82, 2.24) is 20.2 Å². The first-order chi connectivity index (χ1) is 12.1. The third-order valence-electron chi connectivity index (χ3n) is 3.73. The van der Waals surface area contributed by atoms with Gasteiger partial charge in [-0.05, 0) is 48.0 Å². The number of halogens is 1. The van der Waals surface area contributed by atoms with Crippen LogP contribution in [-0.4, -0.2) is 26.1 Å². The summed E-state index contributed by atoms with van der Waals surface area (Å²) in [6, 6.07) is 13.6. The topological polar surface area (TPSA) is 72.7 Å². The van der Waals surface area contributed by atoms with Gasteiger partial charge in [0.2, 0.25) is 5.91 Å². The molecule has 3 aromatic rings. The molecule has 1 amide bonds. The molecule has 1 aromatic heterocycles. The van der Waals surface area contributed by atoms with E-state index in [1.165, 1.54) is 6.07 Å². The predicted molar refractivity (Wildman–Crippen MR) is 92.4 cm³/mol. The summed E-state index contributed by atoms with van der Waals surface area (Å²) < 4.78 is 15.4. The Kier molecular flexibility index (Phi) is 4.83. The average Bonchev–Trinajstić information content (AvgIpc) is 3.07. The lowest BCUT2D eigenvalue weighted by Gasteiger charge is -2.12. The number of nitrogens with one attached hydrogen (secondary N) is 1. The maximum absolute atomic E-state index is 13.7. The summed E-state index contributed by atoms with van der Waals surface area (Å²) in [4.78, 5) is 12.3. The van der Waals surface area contributed by atoms with Crippen LogP contribution in [0.25, 0.3) is 11.4 Å². The number of carbonyl (C=O) groups is 1. The number of tetrazole rings is 1. The van der Waals surface area contributed by atoms with Crippen molar-refractivity contribution < 1.29 is 9.18 Å². The van der Waals surface area contributed by atoms with Gasteiger partial charge in [-0.1, -0.05) is 30.3 Å². The van der Waals surface area contributed by atoms with Crippen molar-refractivity contribution in [2.45, 2.75) is 26.3 Å². The molecule has 0 spiro atoms. The second-order valence-corrected chi connectivity index (χ2v) is 5.90. The van der Waals surface area contributed by atoms with Crippen LogP contribution in [-0.2, 0) is 11.2 Å². The van der Waals surface area contributed by atoms with E-state index < -0.39 is 5.82 Å². The first-order valence-electron chi connectivity index (χ1n) is 7.97. The van der Waals surface area contributed by atoms with E-state index in [0.29, 0.717) is 22.6 Å². The molecule has 0 unspecified atom stereocenters. The molecule has 0 saturated heterocycles. The van der Waals surface area contributed by atoms with Gasteiger partial charge >= 0.3 is 0 Å². The fourth-order valence-corrected chi connectivity index (χ4v) is 2.52. The number of hydrogen-bond donors (Lipinski definition) is 1. The van der Waals surface area contributed by atoms with Crippen molar-refractivity contribution in [3.8, 4) is 11.4 Å². The Morgan fingerprint density at radius 2 is 1.88 bits per heavy atom. The van der Waals surface area contributed by atoms with Crippen LogP contribution >= 0.6 is 0 Å². The lowest BCUT2D eigenvalue weighted by Crippen LogP contribution is -2.16. The minimum absolute atomic E-state index is 0.0455. The molecule has 2 aromatic carbocycles. The number of amides is 1. The van der Waals surface area contributed by atoms with Crippen LogP contribution in [0, 0.1) is 5.82 Å². The van der Waals surface area contributed by atoms with Crippen molar-refractivity contribution in [3.05, 3.63) is 59.9 Å². The molecule has 0 saturated carbocycles. The zero-order valence-corrected chi connectivity index (χ0v) is 14.0. The molecular formula is C18H18FN5O. The smallest absolute Gasteiger partial charge is 0.228 e. The highest BCUT2D eigenvalue weighted by molar-refractivity contribution is 5.95. The van der Waals surface area contributed by atoms with Crippen LogP contribution in [0.3, 0.4) is 0 Å². The van der Waals surface area contributed by atoms with E-state index in [4.69, 9.17) is 0 Å². The second kappa shape index (κ2) is 7.21. The van der Waals surface area contributed by atoms with Gasteiger partial charge in [0.05, 0.1) is 18.2 Å². The molecule has 6 nitrogen and oxygen atoms in total. The van der Waals surface area contributed by atoms with E-state index in [1.807, 2.05) is 32.0 Å². The van der Waals surface area contributed by atoms with Gasteiger partial charge in [-0.25, -0.2) is 9.07 Å². The maximum Gasteiger partial charge on any atom is 0.228 e. The van der Waals surface area contributed by atoms with E-state index in [0.717, 1.165) is 0 Å². The Hall–Kier alpha value is -3.09. The largest absolute Gasteiger partial charge is 0.325 e. The molecule has 25 heavy (non-hydrogen) atoms. The molecule has 128 valence electrons. The second-order valence-electron chi connectivity index (χ2n) is 5.90. The van der Waals surface area contributed by atoms with Gasteiger partial charge in [0.25, 0.3) is 0 Å². The number of benzene rings is 2. The van der Waals surface area contributed by atoms with Crippen LogP contribution < -0.4 is 5.32 Å². The van der Waals surface area contributed by atoms with Crippen LogP contribution in [0.15, 0.2) is 48.5 Å². The van der Waals surface area contributed by atoms with Gasteiger partial charge in [-0.3, -0.25) is 4.79 Å². The summed E-state index contributed by atoms with van der Waals surface area (Å²) in [5.41, 5.74) is 1.65. The summed E-state index contributed by atoms with van der Waals surface area (Å²) in [7, 11) is 0. The molecule has 0 radical (unpaired) electrons. The van der Waals surface area contributed by atoms with E-state index in [1.54, 1.807) is 28.9 Å². The number of hydrogen-bond acceptors (Lipinski definition) is 4. The van der Waals surface area contributed by atoms with E-state index in [9.17, 15) is 9.18 Å².